The zero-order chi connectivity index (χ0) is 14.8. The van der Waals surface area contributed by atoms with Gasteiger partial charge < -0.3 is 15.1 Å². The van der Waals surface area contributed by atoms with E-state index in [1.807, 2.05) is 30.3 Å². The van der Waals surface area contributed by atoms with Crippen LogP contribution in [0, 0.1) is 0 Å². The van der Waals surface area contributed by atoms with E-state index >= 15 is 0 Å². The smallest absolute Gasteiger partial charge is 0.246 e. The fourth-order valence-electron chi connectivity index (χ4n) is 2.76. The van der Waals surface area contributed by atoms with Crippen LogP contribution >= 0.6 is 0 Å². The lowest BCUT2D eigenvalue weighted by Crippen LogP contribution is -2.56. The average molecular weight is 287 g/mol. The summed E-state index contributed by atoms with van der Waals surface area (Å²) < 4.78 is 0. The summed E-state index contributed by atoms with van der Waals surface area (Å²) in [5.41, 5.74) is 0.851. The number of benzene rings is 1. The van der Waals surface area contributed by atoms with Crippen molar-refractivity contribution in [3.05, 3.63) is 30.3 Å². The van der Waals surface area contributed by atoms with Crippen LogP contribution in [0.25, 0.3) is 0 Å². The second kappa shape index (κ2) is 5.55. The number of anilines is 1. The Bertz CT molecular complexity index is 573. The predicted molar refractivity (Wildman–Crippen MR) is 76.5 cm³/mol. The fourth-order valence-corrected chi connectivity index (χ4v) is 2.76. The summed E-state index contributed by atoms with van der Waals surface area (Å²) in [5, 5.41) is 2.65. The highest BCUT2D eigenvalue weighted by Gasteiger charge is 2.34. The van der Waals surface area contributed by atoms with Crippen molar-refractivity contribution < 1.29 is 14.4 Å². The number of hydrogen-bond donors (Lipinski definition) is 1. The first-order chi connectivity index (χ1) is 10.1. The molecule has 110 valence electrons. The molecule has 3 amide bonds. The van der Waals surface area contributed by atoms with Crippen molar-refractivity contribution in [2.24, 2.45) is 0 Å². The Labute approximate surface area is 122 Å². The molecule has 0 aromatic heterocycles. The molecule has 0 spiro atoms. The van der Waals surface area contributed by atoms with E-state index in [-0.39, 0.29) is 24.3 Å². The molecule has 2 fully saturated rings. The van der Waals surface area contributed by atoms with Crippen LogP contribution in [0.2, 0.25) is 0 Å². The van der Waals surface area contributed by atoms with E-state index in [1.165, 1.54) is 4.90 Å². The lowest BCUT2D eigenvalue weighted by Gasteiger charge is -2.35. The molecule has 1 aromatic rings. The number of para-hydroxylation sites is 1. The number of carbonyl (C=O) groups is 3. The van der Waals surface area contributed by atoms with Gasteiger partial charge >= 0.3 is 0 Å². The largest absolute Gasteiger partial charge is 0.344 e. The molecular formula is C15H17N3O3. The van der Waals surface area contributed by atoms with Gasteiger partial charge in [-0.1, -0.05) is 18.2 Å². The van der Waals surface area contributed by atoms with Crippen molar-refractivity contribution in [3.8, 4) is 0 Å². The molecule has 0 saturated carbocycles. The summed E-state index contributed by atoms with van der Waals surface area (Å²) in [7, 11) is 0. The van der Waals surface area contributed by atoms with Crippen molar-refractivity contribution >= 4 is 23.4 Å². The highest BCUT2D eigenvalue weighted by atomic mass is 16.2. The topological polar surface area (TPSA) is 69.7 Å². The van der Waals surface area contributed by atoms with Crippen LogP contribution in [0.15, 0.2) is 30.3 Å². The third-order valence-corrected chi connectivity index (χ3v) is 3.89. The zero-order valence-electron chi connectivity index (χ0n) is 11.6. The van der Waals surface area contributed by atoms with E-state index in [4.69, 9.17) is 0 Å². The number of carbonyl (C=O) groups excluding carboxylic acids is 3. The van der Waals surface area contributed by atoms with E-state index in [0.717, 1.165) is 5.69 Å². The number of hydrogen-bond acceptors (Lipinski definition) is 3. The van der Waals surface area contributed by atoms with Gasteiger partial charge in [0.15, 0.2) is 0 Å². The van der Waals surface area contributed by atoms with Crippen molar-refractivity contribution in [1.82, 2.24) is 10.2 Å². The number of piperazine rings is 1. The molecular weight excluding hydrogens is 270 g/mol. The minimum Gasteiger partial charge on any atom is -0.344 e. The van der Waals surface area contributed by atoms with Crippen molar-refractivity contribution in [2.45, 2.75) is 18.9 Å². The Morgan fingerprint density at radius 2 is 1.90 bits per heavy atom. The third-order valence-electron chi connectivity index (χ3n) is 3.89. The summed E-state index contributed by atoms with van der Waals surface area (Å²) in [5.74, 6) is -0.338. The molecule has 2 aliphatic rings. The second-order valence-electron chi connectivity index (χ2n) is 5.30. The first-order valence-corrected chi connectivity index (χ1v) is 7.09. The number of rotatable bonds is 2. The van der Waals surface area contributed by atoms with E-state index in [1.54, 1.807) is 4.90 Å². The van der Waals surface area contributed by atoms with Crippen molar-refractivity contribution in [1.29, 1.82) is 0 Å². The molecule has 2 aliphatic heterocycles. The van der Waals surface area contributed by atoms with Gasteiger partial charge in [0, 0.05) is 25.2 Å². The van der Waals surface area contributed by atoms with Gasteiger partial charge in [0.1, 0.15) is 12.6 Å². The second-order valence-corrected chi connectivity index (χ2v) is 5.30. The Balaban J connectivity index is 1.64. The van der Waals surface area contributed by atoms with Gasteiger partial charge in [0.2, 0.25) is 17.7 Å². The maximum absolute atomic E-state index is 12.3. The first kappa shape index (κ1) is 13.6. The molecule has 1 N–H and O–H groups in total. The van der Waals surface area contributed by atoms with Gasteiger partial charge in [-0.3, -0.25) is 14.4 Å². The standard InChI is InChI=1S/C15H17N3O3/c19-13-7-6-12(16-13)15(21)17-8-9-18(14(20)10-17)11-4-2-1-3-5-11/h1-5,12H,6-10H2,(H,16,19). The Kier molecular flexibility index (Phi) is 3.60. The van der Waals surface area contributed by atoms with E-state index in [0.29, 0.717) is 25.9 Å². The molecule has 6 nitrogen and oxygen atoms in total. The maximum Gasteiger partial charge on any atom is 0.246 e. The van der Waals surface area contributed by atoms with Gasteiger partial charge in [-0.05, 0) is 18.6 Å². The molecule has 2 heterocycles. The number of nitrogens with one attached hydrogen (secondary N) is 1. The van der Waals surface area contributed by atoms with Crippen LogP contribution in [-0.4, -0.2) is 48.3 Å². The molecule has 0 radical (unpaired) electrons. The first-order valence-electron chi connectivity index (χ1n) is 7.09. The molecule has 1 aromatic carbocycles. The summed E-state index contributed by atoms with van der Waals surface area (Å²) in [6, 6.07) is 8.96. The van der Waals surface area contributed by atoms with Gasteiger partial charge in [-0.2, -0.15) is 0 Å². The van der Waals surface area contributed by atoms with Crippen LogP contribution in [-0.2, 0) is 14.4 Å². The Hall–Kier alpha value is -2.37. The van der Waals surface area contributed by atoms with Gasteiger partial charge in [-0.25, -0.2) is 0 Å². The summed E-state index contributed by atoms with van der Waals surface area (Å²) >= 11 is 0. The Morgan fingerprint density at radius 1 is 1.14 bits per heavy atom. The van der Waals surface area contributed by atoms with Crippen LogP contribution in [0.3, 0.4) is 0 Å². The molecule has 2 saturated heterocycles. The van der Waals surface area contributed by atoms with Gasteiger partial charge in [0.25, 0.3) is 0 Å². The minimum absolute atomic E-state index is 0.0695. The maximum atomic E-state index is 12.3. The SMILES string of the molecule is O=C1CCC(C(=O)N2CCN(c3ccccc3)C(=O)C2)N1. The lowest BCUT2D eigenvalue weighted by atomic mass is 10.1. The molecule has 1 unspecified atom stereocenters. The summed E-state index contributed by atoms with van der Waals surface area (Å²) in [6.07, 6.45) is 0.902. The normalized spacial score (nSPS) is 22.4. The molecule has 6 heteroatoms. The molecule has 0 aliphatic carbocycles. The molecule has 21 heavy (non-hydrogen) atoms. The quantitative estimate of drug-likeness (QED) is 0.841. The zero-order valence-corrected chi connectivity index (χ0v) is 11.6. The summed E-state index contributed by atoms with van der Waals surface area (Å²) in [4.78, 5) is 38.9. The minimum atomic E-state index is -0.464. The van der Waals surface area contributed by atoms with Gasteiger partial charge in [0.05, 0.1) is 0 Å². The lowest BCUT2D eigenvalue weighted by molar-refractivity contribution is -0.138. The highest BCUT2D eigenvalue weighted by molar-refractivity contribution is 5.99. The van der Waals surface area contributed by atoms with Crippen molar-refractivity contribution in [2.75, 3.05) is 24.5 Å². The molecule has 3 rings (SSSR count). The van der Waals surface area contributed by atoms with Crippen LogP contribution in [0.5, 0.6) is 0 Å². The van der Waals surface area contributed by atoms with E-state index < -0.39 is 6.04 Å². The van der Waals surface area contributed by atoms with Gasteiger partial charge in [-0.15, -0.1) is 0 Å². The number of amides is 3. The van der Waals surface area contributed by atoms with Crippen molar-refractivity contribution in [3.63, 3.8) is 0 Å². The fraction of sp³-hybridized carbons (Fsp3) is 0.400. The number of nitrogens with zero attached hydrogens (tertiary/aromatic N) is 2. The molecule has 0 bridgehead atoms. The average Bonchev–Trinajstić information content (AvgIpc) is 2.94. The molecule has 1 atom stereocenters. The van der Waals surface area contributed by atoms with Crippen LogP contribution in [0.1, 0.15) is 12.8 Å². The van der Waals surface area contributed by atoms with E-state index in [9.17, 15) is 14.4 Å². The van der Waals surface area contributed by atoms with Crippen LogP contribution < -0.4 is 10.2 Å². The monoisotopic (exact) mass is 287 g/mol. The third kappa shape index (κ3) is 2.74. The predicted octanol–water partition coefficient (Wildman–Crippen LogP) is 0.140. The summed E-state index contributed by atoms with van der Waals surface area (Å²) in [6.45, 7) is 1.04. The Morgan fingerprint density at radius 3 is 2.52 bits per heavy atom. The highest BCUT2D eigenvalue weighted by Crippen LogP contribution is 2.18. The van der Waals surface area contributed by atoms with E-state index in [2.05, 4.69) is 5.32 Å². The van der Waals surface area contributed by atoms with Crippen LogP contribution in [0.4, 0.5) is 5.69 Å².